The highest BCUT2D eigenvalue weighted by molar-refractivity contribution is 9.10. The zero-order valence-electron chi connectivity index (χ0n) is 18.1. The van der Waals surface area contributed by atoms with Crippen LogP contribution in [-0.4, -0.2) is 35.2 Å². The summed E-state index contributed by atoms with van der Waals surface area (Å²) in [6.45, 7) is 0.172. The van der Waals surface area contributed by atoms with Gasteiger partial charge in [-0.15, -0.1) is 11.3 Å². The Kier molecular flexibility index (Phi) is 6.76. The van der Waals surface area contributed by atoms with Crippen LogP contribution in [0, 0.1) is 5.82 Å². The smallest absolute Gasteiger partial charge is 0.317 e. The van der Waals surface area contributed by atoms with Crippen LogP contribution >= 0.6 is 38.9 Å². The molecule has 5 heterocycles. The first-order valence-corrected chi connectivity index (χ1v) is 12.3. The Balaban J connectivity index is 1.64. The van der Waals surface area contributed by atoms with Gasteiger partial charge in [-0.3, -0.25) is 24.1 Å². The summed E-state index contributed by atoms with van der Waals surface area (Å²) in [6, 6.07) is 6.32. The maximum Gasteiger partial charge on any atom is 0.317 e. The van der Waals surface area contributed by atoms with E-state index in [1.165, 1.54) is 52.8 Å². The van der Waals surface area contributed by atoms with E-state index < -0.39 is 17.3 Å². The first kappa shape index (κ1) is 24.0. The van der Waals surface area contributed by atoms with Gasteiger partial charge in [0.2, 0.25) is 5.76 Å². The maximum absolute atomic E-state index is 16.0. The van der Waals surface area contributed by atoms with Gasteiger partial charge in [0.25, 0.3) is 5.56 Å². The Bertz CT molecular complexity index is 1600. The topological polar surface area (TPSA) is 121 Å². The second kappa shape index (κ2) is 10.1. The summed E-state index contributed by atoms with van der Waals surface area (Å²) in [7, 11) is 0. The van der Waals surface area contributed by atoms with Crippen LogP contribution in [0.5, 0.6) is 0 Å². The van der Waals surface area contributed by atoms with Gasteiger partial charge in [-0.1, -0.05) is 11.6 Å². The average molecular weight is 591 g/mol. The van der Waals surface area contributed by atoms with E-state index in [9.17, 15) is 9.59 Å². The fraction of sp³-hybridized carbons (Fsp3) is 0.0909. The Hall–Kier alpha value is -3.68. The van der Waals surface area contributed by atoms with Gasteiger partial charge in [0.15, 0.2) is 18.0 Å². The standard InChI is InChI=1S/C22H14BrClFN7O3S/c23-14-2-4-17(33)31(10-12-7-26-5-6-28-12)20(14)19-18(25)21(29-8-13-1-3-16(24)36-13)32(30-19)22(34)15-9-27-11-35-15/h1-7,9,11,29H,8,10H2. The normalized spacial score (nSPS) is 11.1. The predicted molar refractivity (Wildman–Crippen MR) is 134 cm³/mol. The van der Waals surface area contributed by atoms with Crippen molar-refractivity contribution in [1.29, 1.82) is 0 Å². The van der Waals surface area contributed by atoms with Gasteiger partial charge in [-0.25, -0.2) is 9.37 Å². The molecule has 0 radical (unpaired) electrons. The second-order valence-corrected chi connectivity index (χ2v) is 9.96. The van der Waals surface area contributed by atoms with E-state index in [-0.39, 0.29) is 36.1 Å². The van der Waals surface area contributed by atoms with Crippen molar-refractivity contribution < 1.29 is 13.6 Å². The highest BCUT2D eigenvalue weighted by Crippen LogP contribution is 2.33. The number of rotatable bonds is 7. The number of hydrogen-bond acceptors (Lipinski definition) is 9. The molecule has 0 spiro atoms. The molecule has 0 aromatic carbocycles. The number of nitrogens with zero attached hydrogens (tertiary/aromatic N) is 6. The molecule has 0 fully saturated rings. The van der Waals surface area contributed by atoms with E-state index in [1.54, 1.807) is 12.1 Å². The lowest BCUT2D eigenvalue weighted by atomic mass is 10.2. The van der Waals surface area contributed by atoms with E-state index in [0.29, 0.717) is 14.5 Å². The lowest BCUT2D eigenvalue weighted by Gasteiger charge is -2.12. The molecule has 36 heavy (non-hydrogen) atoms. The minimum absolute atomic E-state index is 0.000251. The van der Waals surface area contributed by atoms with Crippen molar-refractivity contribution in [2.75, 3.05) is 5.32 Å². The van der Waals surface area contributed by atoms with Crippen molar-refractivity contribution in [3.63, 3.8) is 0 Å². The third kappa shape index (κ3) is 4.72. The Morgan fingerprint density at radius 3 is 2.75 bits per heavy atom. The summed E-state index contributed by atoms with van der Waals surface area (Å²) < 4.78 is 24.2. The van der Waals surface area contributed by atoms with Crippen molar-refractivity contribution >= 4 is 50.6 Å². The number of aromatic nitrogens is 6. The van der Waals surface area contributed by atoms with Gasteiger partial charge in [0.05, 0.1) is 41.2 Å². The summed E-state index contributed by atoms with van der Waals surface area (Å²) in [6.07, 6.45) is 6.78. The molecule has 0 bridgehead atoms. The maximum atomic E-state index is 16.0. The highest BCUT2D eigenvalue weighted by Gasteiger charge is 2.28. The average Bonchev–Trinajstić information content (AvgIpc) is 3.62. The summed E-state index contributed by atoms with van der Waals surface area (Å²) in [5.74, 6) is -1.95. The zero-order valence-corrected chi connectivity index (χ0v) is 21.2. The van der Waals surface area contributed by atoms with E-state index in [1.807, 2.05) is 0 Å². The van der Waals surface area contributed by atoms with E-state index in [0.717, 1.165) is 16.0 Å². The number of halogens is 3. The largest absolute Gasteiger partial charge is 0.438 e. The lowest BCUT2D eigenvalue weighted by molar-refractivity contribution is 0.0919. The van der Waals surface area contributed by atoms with Gasteiger partial charge in [-0.2, -0.15) is 9.78 Å². The molecule has 0 saturated carbocycles. The molecular formula is C22H14BrClFN7O3S. The first-order chi connectivity index (χ1) is 17.4. The molecule has 10 nitrogen and oxygen atoms in total. The molecule has 0 aliphatic rings. The minimum atomic E-state index is -0.843. The van der Waals surface area contributed by atoms with Crippen LogP contribution in [0.25, 0.3) is 11.4 Å². The predicted octanol–water partition coefficient (Wildman–Crippen LogP) is 4.46. The fourth-order valence-corrected chi connectivity index (χ4v) is 4.98. The SMILES string of the molecule is O=C(c1cnco1)n1nc(-c2c(Br)ccc(=O)n2Cc2cnccn2)c(F)c1NCc1ccc(Cl)s1. The highest BCUT2D eigenvalue weighted by atomic mass is 79.9. The molecule has 0 aliphatic heterocycles. The summed E-state index contributed by atoms with van der Waals surface area (Å²) in [4.78, 5) is 38.7. The number of thiophene rings is 1. The number of hydrogen-bond donors (Lipinski definition) is 1. The van der Waals surface area contributed by atoms with Crippen molar-refractivity contribution in [3.8, 4) is 11.4 Å². The van der Waals surface area contributed by atoms with Gasteiger partial charge in [-0.05, 0) is 34.1 Å². The number of nitrogens with one attached hydrogen (secondary N) is 1. The van der Waals surface area contributed by atoms with Gasteiger partial charge in [0, 0.05) is 27.8 Å². The van der Waals surface area contributed by atoms with Gasteiger partial charge < -0.3 is 9.73 Å². The molecule has 0 aliphatic carbocycles. The monoisotopic (exact) mass is 589 g/mol. The summed E-state index contributed by atoms with van der Waals surface area (Å²) >= 11 is 10.7. The zero-order chi connectivity index (χ0) is 25.2. The Morgan fingerprint density at radius 2 is 2.06 bits per heavy atom. The van der Waals surface area contributed by atoms with Crippen LogP contribution in [0.1, 0.15) is 21.1 Å². The number of carbonyl (C=O) groups is 1. The second-order valence-electron chi connectivity index (χ2n) is 7.30. The van der Waals surface area contributed by atoms with Crippen molar-refractivity contribution in [2.45, 2.75) is 13.1 Å². The number of carbonyl (C=O) groups excluding carboxylic acids is 1. The number of anilines is 1. The number of pyridine rings is 1. The molecule has 0 unspecified atom stereocenters. The van der Waals surface area contributed by atoms with Gasteiger partial charge >= 0.3 is 5.91 Å². The minimum Gasteiger partial charge on any atom is -0.438 e. The molecule has 0 atom stereocenters. The van der Waals surface area contributed by atoms with E-state index >= 15 is 4.39 Å². The fourth-order valence-electron chi connectivity index (χ4n) is 3.42. The quantitative estimate of drug-likeness (QED) is 0.295. The lowest BCUT2D eigenvalue weighted by Crippen LogP contribution is -2.23. The molecule has 182 valence electrons. The van der Waals surface area contributed by atoms with Crippen LogP contribution in [0.3, 0.4) is 0 Å². The van der Waals surface area contributed by atoms with E-state index in [4.69, 9.17) is 16.0 Å². The van der Waals surface area contributed by atoms with Crippen molar-refractivity contribution in [3.05, 3.63) is 96.8 Å². The van der Waals surface area contributed by atoms with Crippen LogP contribution < -0.4 is 10.9 Å². The number of oxazole rings is 1. The molecule has 5 aromatic rings. The molecule has 5 aromatic heterocycles. The van der Waals surface area contributed by atoms with Crippen molar-refractivity contribution in [2.24, 2.45) is 0 Å². The van der Waals surface area contributed by atoms with Crippen LogP contribution in [0.4, 0.5) is 10.2 Å². The molecular weight excluding hydrogens is 577 g/mol. The molecule has 0 amide bonds. The first-order valence-electron chi connectivity index (χ1n) is 10.3. The Morgan fingerprint density at radius 1 is 1.19 bits per heavy atom. The van der Waals surface area contributed by atoms with E-state index in [2.05, 4.69) is 41.3 Å². The van der Waals surface area contributed by atoms with Crippen LogP contribution in [0.2, 0.25) is 4.34 Å². The molecule has 14 heteroatoms. The summed E-state index contributed by atoms with van der Waals surface area (Å²) in [5, 5.41) is 7.17. The molecule has 0 saturated heterocycles. The summed E-state index contributed by atoms with van der Waals surface area (Å²) in [5.41, 5.74) is -0.0541. The molecule has 5 rings (SSSR count). The van der Waals surface area contributed by atoms with Crippen LogP contribution in [0.15, 0.2) is 69.1 Å². The van der Waals surface area contributed by atoms with Crippen molar-refractivity contribution in [1.82, 2.24) is 29.3 Å². The Labute approximate surface area is 219 Å². The van der Waals surface area contributed by atoms with Crippen LogP contribution in [-0.2, 0) is 13.1 Å². The third-order valence-corrected chi connectivity index (χ3v) is 6.89. The third-order valence-electron chi connectivity index (χ3n) is 5.02. The van der Waals surface area contributed by atoms with Gasteiger partial charge in [0.1, 0.15) is 5.69 Å². The molecule has 1 N–H and O–H groups in total.